The molecule has 0 aromatic rings. The lowest BCUT2D eigenvalue weighted by Crippen LogP contribution is -2.14. The molecule has 10 heavy (non-hydrogen) atoms. The van der Waals surface area contributed by atoms with Gasteiger partial charge in [-0.05, 0) is 17.4 Å². The first-order chi connectivity index (χ1) is 4.63. The van der Waals surface area contributed by atoms with Crippen molar-refractivity contribution in [2.75, 3.05) is 0 Å². The lowest BCUT2D eigenvalue weighted by Gasteiger charge is -2.13. The van der Waals surface area contributed by atoms with E-state index in [9.17, 15) is 4.79 Å². The number of hydrogen-bond donors (Lipinski definition) is 1. The van der Waals surface area contributed by atoms with Crippen LogP contribution in [-0.2, 0) is 4.79 Å². The van der Waals surface area contributed by atoms with Crippen molar-refractivity contribution >= 4 is 18.4 Å². The number of carbonyl (C=O) groups excluding carboxylic acids is 1. The first-order valence-corrected chi connectivity index (χ1v) is 3.69. The Morgan fingerprint density at radius 3 is 2.60 bits per heavy atom. The van der Waals surface area contributed by atoms with Crippen LogP contribution in [0.1, 0.15) is 13.8 Å². The van der Waals surface area contributed by atoms with Crippen molar-refractivity contribution < 1.29 is 4.79 Å². The highest BCUT2D eigenvalue weighted by Gasteiger charge is 2.19. The number of ketones is 1. The van der Waals surface area contributed by atoms with Crippen LogP contribution in [0.15, 0.2) is 22.6 Å². The second kappa shape index (κ2) is 2.62. The maximum Gasteiger partial charge on any atom is 0.166 e. The van der Waals surface area contributed by atoms with Crippen molar-refractivity contribution in [2.24, 2.45) is 5.92 Å². The Morgan fingerprint density at radius 1 is 1.50 bits per heavy atom. The van der Waals surface area contributed by atoms with Crippen LogP contribution in [0.2, 0.25) is 0 Å². The molecule has 1 aliphatic carbocycles. The SMILES string of the molecule is CC1=CC=C(S)C(C)C1=O. The van der Waals surface area contributed by atoms with Crippen molar-refractivity contribution in [2.45, 2.75) is 13.8 Å². The number of thiol groups is 1. The third kappa shape index (κ3) is 1.16. The van der Waals surface area contributed by atoms with E-state index in [0.717, 1.165) is 10.5 Å². The number of carbonyl (C=O) groups is 1. The summed E-state index contributed by atoms with van der Waals surface area (Å²) in [7, 11) is 0. The molecule has 0 aromatic carbocycles. The van der Waals surface area contributed by atoms with Gasteiger partial charge in [0.1, 0.15) is 0 Å². The molecule has 1 unspecified atom stereocenters. The summed E-state index contributed by atoms with van der Waals surface area (Å²) in [6.45, 7) is 3.70. The van der Waals surface area contributed by atoms with Gasteiger partial charge < -0.3 is 0 Å². The predicted molar refractivity (Wildman–Crippen MR) is 45.0 cm³/mol. The minimum Gasteiger partial charge on any atom is -0.294 e. The third-order valence-electron chi connectivity index (χ3n) is 1.73. The molecule has 1 atom stereocenters. The summed E-state index contributed by atoms with van der Waals surface area (Å²) in [5.41, 5.74) is 0.824. The molecule has 0 aliphatic heterocycles. The van der Waals surface area contributed by atoms with Crippen molar-refractivity contribution in [3.05, 3.63) is 22.6 Å². The molecule has 0 radical (unpaired) electrons. The predicted octanol–water partition coefficient (Wildman–Crippen LogP) is 1.97. The third-order valence-corrected chi connectivity index (χ3v) is 2.27. The molecule has 0 fully saturated rings. The van der Waals surface area contributed by atoms with Crippen LogP contribution < -0.4 is 0 Å². The molecule has 54 valence electrons. The lowest BCUT2D eigenvalue weighted by atomic mass is 9.95. The largest absolute Gasteiger partial charge is 0.294 e. The average molecular weight is 154 g/mol. The van der Waals surface area contributed by atoms with E-state index in [1.807, 2.05) is 26.0 Å². The van der Waals surface area contributed by atoms with Gasteiger partial charge in [-0.15, -0.1) is 12.6 Å². The summed E-state index contributed by atoms with van der Waals surface area (Å²) < 4.78 is 0. The molecule has 0 N–H and O–H groups in total. The van der Waals surface area contributed by atoms with E-state index in [-0.39, 0.29) is 11.7 Å². The van der Waals surface area contributed by atoms with Gasteiger partial charge in [-0.25, -0.2) is 0 Å². The Kier molecular flexibility index (Phi) is 2.00. The smallest absolute Gasteiger partial charge is 0.166 e. The highest BCUT2D eigenvalue weighted by Crippen LogP contribution is 2.23. The normalized spacial score (nSPS) is 25.9. The average Bonchev–Trinajstić information content (AvgIpc) is 1.93. The highest BCUT2D eigenvalue weighted by molar-refractivity contribution is 7.84. The molecule has 1 rings (SSSR count). The van der Waals surface area contributed by atoms with Crippen molar-refractivity contribution in [1.82, 2.24) is 0 Å². The van der Waals surface area contributed by atoms with E-state index < -0.39 is 0 Å². The van der Waals surface area contributed by atoms with Crippen LogP contribution in [0.25, 0.3) is 0 Å². The second-order valence-corrected chi connectivity index (χ2v) is 3.04. The van der Waals surface area contributed by atoms with E-state index in [2.05, 4.69) is 12.6 Å². The molecule has 1 aliphatic rings. The van der Waals surface area contributed by atoms with E-state index in [1.165, 1.54) is 0 Å². The maximum absolute atomic E-state index is 11.2. The van der Waals surface area contributed by atoms with Crippen molar-refractivity contribution in [3.8, 4) is 0 Å². The minimum atomic E-state index is -0.0340. The standard InChI is InChI=1S/C8H10OS/c1-5-3-4-7(10)6(2)8(5)9/h3-4,6,10H,1-2H3. The monoisotopic (exact) mass is 154 g/mol. The molecular weight excluding hydrogens is 144 g/mol. The summed E-state index contributed by atoms with van der Waals surface area (Å²) >= 11 is 4.15. The topological polar surface area (TPSA) is 17.1 Å². The zero-order valence-corrected chi connectivity index (χ0v) is 6.98. The Bertz CT molecular complexity index is 223. The zero-order valence-electron chi connectivity index (χ0n) is 6.09. The quantitative estimate of drug-likeness (QED) is 0.528. The second-order valence-electron chi connectivity index (χ2n) is 2.53. The van der Waals surface area contributed by atoms with Gasteiger partial charge in [0.05, 0.1) is 0 Å². The molecule has 0 amide bonds. The molecule has 0 aromatic heterocycles. The van der Waals surface area contributed by atoms with Gasteiger partial charge in [0, 0.05) is 5.92 Å². The molecular formula is C8H10OS. The molecule has 2 heteroatoms. The van der Waals surface area contributed by atoms with Gasteiger partial charge in [0.15, 0.2) is 5.78 Å². The van der Waals surface area contributed by atoms with Crippen LogP contribution >= 0.6 is 12.6 Å². The number of allylic oxidation sites excluding steroid dienone is 4. The summed E-state index contributed by atoms with van der Waals surface area (Å²) in [5, 5.41) is 0. The maximum atomic E-state index is 11.2. The first kappa shape index (κ1) is 7.61. The first-order valence-electron chi connectivity index (χ1n) is 3.24. The van der Waals surface area contributed by atoms with Gasteiger partial charge >= 0.3 is 0 Å². The van der Waals surface area contributed by atoms with Gasteiger partial charge in [0.25, 0.3) is 0 Å². The van der Waals surface area contributed by atoms with Crippen LogP contribution in [0.3, 0.4) is 0 Å². The summed E-state index contributed by atoms with van der Waals surface area (Å²) in [6.07, 6.45) is 3.69. The van der Waals surface area contributed by atoms with E-state index in [4.69, 9.17) is 0 Å². The van der Waals surface area contributed by atoms with Crippen LogP contribution in [0, 0.1) is 5.92 Å². The summed E-state index contributed by atoms with van der Waals surface area (Å²) in [4.78, 5) is 12.0. The van der Waals surface area contributed by atoms with Gasteiger partial charge in [-0.1, -0.05) is 19.1 Å². The van der Waals surface area contributed by atoms with Crippen molar-refractivity contribution in [3.63, 3.8) is 0 Å². The molecule has 0 saturated heterocycles. The fraction of sp³-hybridized carbons (Fsp3) is 0.375. The minimum absolute atomic E-state index is 0.0340. The molecule has 0 bridgehead atoms. The van der Waals surface area contributed by atoms with Crippen LogP contribution in [0.4, 0.5) is 0 Å². The Morgan fingerprint density at radius 2 is 2.10 bits per heavy atom. The lowest BCUT2D eigenvalue weighted by molar-refractivity contribution is -0.117. The summed E-state index contributed by atoms with van der Waals surface area (Å²) in [5.74, 6) is 0.154. The fourth-order valence-electron chi connectivity index (χ4n) is 0.913. The van der Waals surface area contributed by atoms with Gasteiger partial charge in [-0.3, -0.25) is 4.79 Å². The van der Waals surface area contributed by atoms with Crippen LogP contribution in [-0.4, -0.2) is 5.78 Å². The highest BCUT2D eigenvalue weighted by atomic mass is 32.1. The van der Waals surface area contributed by atoms with E-state index in [1.54, 1.807) is 0 Å². The number of Topliss-reactive ketones (excluding diaryl/α,β-unsaturated/α-hetero) is 1. The Hall–Kier alpha value is -0.500. The summed E-state index contributed by atoms with van der Waals surface area (Å²) in [6, 6.07) is 0. The Balaban J connectivity index is 2.97. The van der Waals surface area contributed by atoms with Gasteiger partial charge in [-0.2, -0.15) is 0 Å². The van der Waals surface area contributed by atoms with Crippen LogP contribution in [0.5, 0.6) is 0 Å². The van der Waals surface area contributed by atoms with Crippen molar-refractivity contribution in [1.29, 1.82) is 0 Å². The van der Waals surface area contributed by atoms with E-state index in [0.29, 0.717) is 0 Å². The number of hydrogen-bond acceptors (Lipinski definition) is 2. The molecule has 0 saturated carbocycles. The van der Waals surface area contributed by atoms with E-state index >= 15 is 0 Å². The fourth-order valence-corrected chi connectivity index (χ4v) is 1.10. The molecule has 0 heterocycles. The molecule has 0 spiro atoms. The molecule has 1 nitrogen and oxygen atoms in total. The van der Waals surface area contributed by atoms with Gasteiger partial charge in [0.2, 0.25) is 0 Å². The number of rotatable bonds is 0. The Labute approximate surface area is 66.2 Å². The zero-order chi connectivity index (χ0) is 7.72.